The lowest BCUT2D eigenvalue weighted by Crippen LogP contribution is -2.11. The first kappa shape index (κ1) is 35.6. The molecule has 0 aliphatic heterocycles. The molecule has 1 aromatic heterocycles. The number of fused-ring (bicyclic) bond motifs is 5. The number of hydrogen-bond acceptors (Lipinski definition) is 5. The van der Waals surface area contributed by atoms with Gasteiger partial charge in [-0.15, -0.1) is 0 Å². The predicted octanol–water partition coefficient (Wildman–Crippen LogP) is 11.0. The van der Waals surface area contributed by atoms with E-state index in [2.05, 4.69) is 73.0 Å². The normalized spacial score (nSPS) is 12.5. The molecule has 0 saturated carbocycles. The van der Waals surface area contributed by atoms with Crippen molar-refractivity contribution in [3.05, 3.63) is 123 Å². The van der Waals surface area contributed by atoms with Crippen LogP contribution in [-0.4, -0.2) is 29.1 Å². The molecule has 0 fully saturated rings. The van der Waals surface area contributed by atoms with Crippen molar-refractivity contribution in [3.63, 3.8) is 0 Å². The number of ether oxygens (including phenoxy) is 1. The Kier molecular flexibility index (Phi) is 10.4. The largest absolute Gasteiger partial charge is 0.497 e. The molecule has 6 rings (SSSR count). The molecule has 6 heteroatoms. The van der Waals surface area contributed by atoms with Crippen molar-refractivity contribution in [3.8, 4) is 5.75 Å². The zero-order valence-electron chi connectivity index (χ0n) is 31.1. The van der Waals surface area contributed by atoms with Crippen LogP contribution in [0.4, 0.5) is 0 Å². The van der Waals surface area contributed by atoms with E-state index in [1.807, 2.05) is 57.2 Å². The molecule has 0 saturated heterocycles. The molecule has 0 spiro atoms. The Hall–Kier alpha value is -5.23. The van der Waals surface area contributed by atoms with Crippen molar-refractivity contribution in [2.24, 2.45) is 11.1 Å². The van der Waals surface area contributed by atoms with E-state index >= 15 is 0 Å². The SMILES string of the molecule is CCCCC(CC)Cn1c2ccc(C(=NOC(C)=O)c3ccccc3C)cc2c2cc(C(=O)c3c(C)cc(C)cc3C)c3cc(OC)ccc3c21. The van der Waals surface area contributed by atoms with Crippen LogP contribution in [0.5, 0.6) is 5.75 Å². The molecule has 6 aromatic rings. The number of oxime groups is 1. The summed E-state index contributed by atoms with van der Waals surface area (Å²) in [5.41, 5.74) is 9.91. The highest BCUT2D eigenvalue weighted by molar-refractivity contribution is 6.27. The maximum absolute atomic E-state index is 14.8. The first-order chi connectivity index (χ1) is 24.6. The van der Waals surface area contributed by atoms with E-state index in [1.165, 1.54) is 13.3 Å². The third-order valence-corrected chi connectivity index (χ3v) is 10.2. The maximum atomic E-state index is 14.8. The monoisotopic (exact) mass is 680 g/mol. The van der Waals surface area contributed by atoms with Crippen LogP contribution in [0.2, 0.25) is 0 Å². The van der Waals surface area contributed by atoms with Crippen LogP contribution < -0.4 is 4.74 Å². The quantitative estimate of drug-likeness (QED) is 0.0558. The molecule has 0 aliphatic carbocycles. The summed E-state index contributed by atoms with van der Waals surface area (Å²) in [6, 6.07) is 26.7. The van der Waals surface area contributed by atoms with Gasteiger partial charge in [0.2, 0.25) is 0 Å². The van der Waals surface area contributed by atoms with Gasteiger partial charge in [-0.2, -0.15) is 0 Å². The summed E-state index contributed by atoms with van der Waals surface area (Å²) in [7, 11) is 1.66. The molecular formula is C45H48N2O4. The number of rotatable bonds is 12. The topological polar surface area (TPSA) is 69.9 Å². The highest BCUT2D eigenvalue weighted by Gasteiger charge is 2.24. The van der Waals surface area contributed by atoms with E-state index in [0.717, 1.165) is 97.3 Å². The van der Waals surface area contributed by atoms with Crippen LogP contribution in [0.3, 0.4) is 0 Å². The Balaban J connectivity index is 1.71. The summed E-state index contributed by atoms with van der Waals surface area (Å²) >= 11 is 0. The summed E-state index contributed by atoms with van der Waals surface area (Å²) in [5, 5.41) is 8.28. The second kappa shape index (κ2) is 14.9. The lowest BCUT2D eigenvalue weighted by atomic mass is 9.89. The lowest BCUT2D eigenvalue weighted by molar-refractivity contribution is -0.140. The fourth-order valence-electron chi connectivity index (χ4n) is 7.70. The number of hydrogen-bond donors (Lipinski definition) is 0. The third-order valence-electron chi connectivity index (χ3n) is 10.2. The minimum atomic E-state index is -0.483. The molecule has 0 aliphatic rings. The molecule has 262 valence electrons. The molecule has 0 bridgehead atoms. The number of benzene rings is 5. The molecule has 1 heterocycles. The van der Waals surface area contributed by atoms with Gasteiger partial charge in [-0.3, -0.25) is 4.79 Å². The molecule has 51 heavy (non-hydrogen) atoms. The predicted molar refractivity (Wildman–Crippen MR) is 209 cm³/mol. The van der Waals surface area contributed by atoms with Gasteiger partial charge in [-0.25, -0.2) is 4.79 Å². The van der Waals surface area contributed by atoms with Crippen LogP contribution in [0.1, 0.15) is 95.8 Å². The summed E-state index contributed by atoms with van der Waals surface area (Å²) in [6.45, 7) is 14.9. The van der Waals surface area contributed by atoms with Gasteiger partial charge in [0.25, 0.3) is 0 Å². The van der Waals surface area contributed by atoms with E-state index in [-0.39, 0.29) is 5.78 Å². The van der Waals surface area contributed by atoms with Crippen molar-refractivity contribution >= 4 is 50.0 Å². The summed E-state index contributed by atoms with van der Waals surface area (Å²) in [5.74, 6) is 0.706. The van der Waals surface area contributed by atoms with Crippen LogP contribution in [0.15, 0.2) is 84.0 Å². The zero-order chi connectivity index (χ0) is 36.4. The fourth-order valence-corrected chi connectivity index (χ4v) is 7.70. The maximum Gasteiger partial charge on any atom is 0.332 e. The number of carbonyl (C=O) groups excluding carboxylic acids is 2. The summed E-state index contributed by atoms with van der Waals surface area (Å²) in [4.78, 5) is 32.0. The molecule has 5 aromatic carbocycles. The van der Waals surface area contributed by atoms with Gasteiger partial charge in [0, 0.05) is 57.4 Å². The van der Waals surface area contributed by atoms with Gasteiger partial charge in [-0.1, -0.05) is 86.3 Å². The number of aromatic nitrogens is 1. The van der Waals surface area contributed by atoms with Crippen LogP contribution >= 0.6 is 0 Å². The van der Waals surface area contributed by atoms with Crippen LogP contribution in [-0.2, 0) is 16.2 Å². The van der Waals surface area contributed by atoms with Gasteiger partial charge >= 0.3 is 5.97 Å². The van der Waals surface area contributed by atoms with Gasteiger partial charge < -0.3 is 14.1 Å². The highest BCUT2D eigenvalue weighted by atomic mass is 16.7. The Morgan fingerprint density at radius 1 is 0.784 bits per heavy atom. The Morgan fingerprint density at radius 3 is 2.20 bits per heavy atom. The summed E-state index contributed by atoms with van der Waals surface area (Å²) < 4.78 is 8.18. The Morgan fingerprint density at radius 2 is 1.53 bits per heavy atom. The van der Waals surface area contributed by atoms with Crippen molar-refractivity contribution in [1.82, 2.24) is 4.57 Å². The van der Waals surface area contributed by atoms with Crippen LogP contribution in [0.25, 0.3) is 32.6 Å². The van der Waals surface area contributed by atoms with Crippen molar-refractivity contribution in [2.75, 3.05) is 7.11 Å². The lowest BCUT2D eigenvalue weighted by Gasteiger charge is -2.19. The number of ketones is 1. The van der Waals surface area contributed by atoms with Crippen molar-refractivity contribution < 1.29 is 19.2 Å². The minimum absolute atomic E-state index is 0.00592. The number of unbranched alkanes of at least 4 members (excludes halogenated alkanes) is 1. The van der Waals surface area contributed by atoms with Gasteiger partial charge in [0.15, 0.2) is 5.78 Å². The number of carbonyl (C=O) groups is 2. The number of aryl methyl sites for hydroxylation is 4. The number of methoxy groups -OCH3 is 1. The molecule has 0 N–H and O–H groups in total. The standard InChI is InChI=1S/C45H48N2O4/c1-9-11-15-32(10-2)26-47-41-20-17-33(43(46-51-31(7)48)35-16-13-12-14-28(35)4)23-38(41)39-25-40(37-24-34(50-8)18-19-36(37)44(39)47)45(49)42-29(5)21-27(3)22-30(42)6/h12-14,16-25,32H,9-11,15,26H2,1-8H3. The third kappa shape index (κ3) is 6.92. The number of nitrogens with zero attached hydrogens (tertiary/aromatic N) is 2. The molecule has 1 unspecified atom stereocenters. The van der Waals surface area contributed by atoms with Gasteiger partial charge in [-0.05, 0) is 98.5 Å². The second-order valence-electron chi connectivity index (χ2n) is 13.9. The smallest absolute Gasteiger partial charge is 0.332 e. The van der Waals surface area contributed by atoms with E-state index in [0.29, 0.717) is 22.9 Å². The summed E-state index contributed by atoms with van der Waals surface area (Å²) in [6.07, 6.45) is 4.55. The van der Waals surface area contributed by atoms with E-state index in [9.17, 15) is 9.59 Å². The van der Waals surface area contributed by atoms with E-state index < -0.39 is 5.97 Å². The average molecular weight is 681 g/mol. The fraction of sp³-hybridized carbons (Fsp3) is 0.311. The average Bonchev–Trinajstić information content (AvgIpc) is 3.41. The molecule has 0 amide bonds. The zero-order valence-corrected chi connectivity index (χ0v) is 31.1. The second-order valence-corrected chi connectivity index (χ2v) is 13.9. The van der Waals surface area contributed by atoms with E-state index in [1.54, 1.807) is 7.11 Å². The first-order valence-electron chi connectivity index (χ1n) is 18.1. The van der Waals surface area contributed by atoms with E-state index in [4.69, 9.17) is 9.57 Å². The Bertz CT molecular complexity index is 2300. The van der Waals surface area contributed by atoms with Gasteiger partial charge in [0.1, 0.15) is 11.5 Å². The highest BCUT2D eigenvalue weighted by Crippen LogP contribution is 2.40. The minimum Gasteiger partial charge on any atom is -0.497 e. The molecular weight excluding hydrogens is 633 g/mol. The van der Waals surface area contributed by atoms with Crippen LogP contribution in [0, 0.1) is 33.6 Å². The first-order valence-corrected chi connectivity index (χ1v) is 18.1. The van der Waals surface area contributed by atoms with Crippen molar-refractivity contribution in [1.29, 1.82) is 0 Å². The molecule has 1 atom stereocenters. The molecule has 0 radical (unpaired) electrons. The molecule has 6 nitrogen and oxygen atoms in total. The van der Waals surface area contributed by atoms with Gasteiger partial charge in [0.05, 0.1) is 12.6 Å². The van der Waals surface area contributed by atoms with Crippen molar-refractivity contribution in [2.45, 2.75) is 80.7 Å². The Labute approximate surface area is 301 Å².